The van der Waals surface area contributed by atoms with Gasteiger partial charge in [-0.25, -0.2) is 8.42 Å². The minimum atomic E-state index is -5.07. The van der Waals surface area contributed by atoms with Crippen LogP contribution in [0.2, 0.25) is 0 Å². The largest absolute Gasteiger partial charge is 0.468 e. The van der Waals surface area contributed by atoms with Crippen molar-refractivity contribution in [2.75, 3.05) is 19.0 Å². The summed E-state index contributed by atoms with van der Waals surface area (Å²) in [6.07, 6.45) is -6.69. The van der Waals surface area contributed by atoms with Crippen LogP contribution in [-0.2, 0) is 14.6 Å². The Kier molecular flexibility index (Phi) is 5.56. The number of benzene rings is 2. The van der Waals surface area contributed by atoms with Gasteiger partial charge in [0.05, 0.1) is 10.8 Å². The Hall–Kier alpha value is -2.99. The van der Waals surface area contributed by atoms with Crippen molar-refractivity contribution < 1.29 is 26.3 Å². The highest BCUT2D eigenvalue weighted by molar-refractivity contribution is 7.95. The van der Waals surface area contributed by atoms with E-state index in [1.165, 1.54) is 36.4 Å². The Labute approximate surface area is 172 Å². The lowest BCUT2D eigenvalue weighted by molar-refractivity contribution is -0.130. The van der Waals surface area contributed by atoms with Crippen LogP contribution in [0.4, 0.5) is 18.9 Å². The number of hydrogen-bond acceptors (Lipinski definition) is 5. The van der Waals surface area contributed by atoms with Crippen LogP contribution in [0.5, 0.6) is 0 Å². The number of nitrogens with zero attached hydrogens (tertiary/aromatic N) is 2. The molecule has 5 nitrogen and oxygen atoms in total. The summed E-state index contributed by atoms with van der Waals surface area (Å²) in [5.41, 5.74) is 1.78. The van der Waals surface area contributed by atoms with E-state index in [-0.39, 0.29) is 10.5 Å². The number of alkyl halides is 3. The first kappa shape index (κ1) is 21.7. The molecule has 158 valence electrons. The van der Waals surface area contributed by atoms with Crippen LogP contribution in [0.15, 0.2) is 64.1 Å². The molecule has 0 radical (unpaired) electrons. The maximum atomic E-state index is 13.7. The molecule has 2 atom stereocenters. The molecular formula is C21H19F3N2O3S. The molecule has 1 heterocycles. The average Bonchev–Trinajstić information content (AvgIpc) is 3.09. The summed E-state index contributed by atoms with van der Waals surface area (Å²) in [5, 5.41) is 9.44. The van der Waals surface area contributed by atoms with Crippen LogP contribution in [0.3, 0.4) is 0 Å². The lowest BCUT2D eigenvalue weighted by atomic mass is 9.94. The third-order valence-corrected chi connectivity index (χ3v) is 6.74. The summed E-state index contributed by atoms with van der Waals surface area (Å²) in [5.74, 6) is -3.05. The van der Waals surface area contributed by atoms with Crippen molar-refractivity contribution in [2.24, 2.45) is 0 Å². The normalized spacial score (nSPS) is 19.4. The molecule has 1 aliphatic rings. The van der Waals surface area contributed by atoms with Gasteiger partial charge in [0.15, 0.2) is 6.10 Å². The van der Waals surface area contributed by atoms with Gasteiger partial charge in [-0.15, -0.1) is 0 Å². The maximum Gasteiger partial charge on any atom is 0.450 e. The summed E-state index contributed by atoms with van der Waals surface area (Å²) in [4.78, 5) is 0.558. The summed E-state index contributed by atoms with van der Waals surface area (Å²) in [6, 6.07) is 13.5. The fourth-order valence-corrected chi connectivity index (χ4v) is 5.03. The van der Waals surface area contributed by atoms with Crippen LogP contribution in [0, 0.1) is 18.3 Å². The van der Waals surface area contributed by atoms with Gasteiger partial charge in [-0.05, 0) is 36.8 Å². The predicted molar refractivity (Wildman–Crippen MR) is 105 cm³/mol. The van der Waals surface area contributed by atoms with Gasteiger partial charge in [0.2, 0.25) is 15.6 Å². The number of nitriles is 1. The van der Waals surface area contributed by atoms with E-state index in [0.29, 0.717) is 0 Å². The van der Waals surface area contributed by atoms with Crippen molar-refractivity contribution in [3.8, 4) is 6.07 Å². The molecule has 0 saturated carbocycles. The average molecular weight is 436 g/mol. The first-order valence-corrected chi connectivity index (χ1v) is 10.4. The second-order valence-electron chi connectivity index (χ2n) is 7.14. The number of sulfone groups is 1. The zero-order valence-corrected chi connectivity index (χ0v) is 17.3. The molecular weight excluding hydrogens is 417 g/mol. The first-order valence-electron chi connectivity index (χ1n) is 8.93. The third kappa shape index (κ3) is 3.87. The van der Waals surface area contributed by atoms with Crippen LogP contribution in [-0.4, -0.2) is 34.8 Å². The second-order valence-corrected chi connectivity index (χ2v) is 9.06. The van der Waals surface area contributed by atoms with E-state index in [2.05, 4.69) is 0 Å². The smallest absolute Gasteiger partial charge is 0.450 e. The Morgan fingerprint density at radius 3 is 2.07 bits per heavy atom. The molecule has 3 rings (SSSR count). The van der Waals surface area contributed by atoms with Crippen LogP contribution >= 0.6 is 0 Å². The molecule has 0 amide bonds. The Morgan fingerprint density at radius 1 is 1.03 bits per heavy atom. The van der Waals surface area contributed by atoms with Gasteiger partial charge >= 0.3 is 6.18 Å². The van der Waals surface area contributed by atoms with Crippen molar-refractivity contribution in [3.63, 3.8) is 0 Å². The highest BCUT2D eigenvalue weighted by Gasteiger charge is 2.53. The number of allylic oxidation sites excluding steroid dienone is 1. The number of aryl methyl sites for hydroxylation is 1. The molecule has 0 spiro atoms. The molecule has 0 bridgehead atoms. The number of anilines is 1. The summed E-state index contributed by atoms with van der Waals surface area (Å²) >= 11 is 0. The standard InChI is InChI=1S/C21H19F3N2O3S/c1-13-4-10-16(11-5-13)30(27,28)19-18(14-6-8-15(9-7-14)26(2)3)17(12-25)29-20(19)21(22,23)24/h4-11,17-18H,1-3H3/t17-,18-/m0/s1. The Balaban J connectivity index is 2.24. The number of hydrogen-bond donors (Lipinski definition) is 0. The van der Waals surface area contributed by atoms with E-state index in [9.17, 15) is 26.9 Å². The Bertz CT molecular complexity index is 1110. The van der Waals surface area contributed by atoms with Crippen molar-refractivity contribution in [1.82, 2.24) is 0 Å². The van der Waals surface area contributed by atoms with Crippen molar-refractivity contribution in [1.29, 1.82) is 5.26 Å². The summed E-state index contributed by atoms with van der Waals surface area (Å²) in [7, 11) is -0.997. The maximum absolute atomic E-state index is 13.7. The molecule has 0 aliphatic carbocycles. The van der Waals surface area contributed by atoms with Crippen molar-refractivity contribution >= 4 is 15.5 Å². The SMILES string of the molecule is Cc1ccc(S(=O)(=O)C2=C(C(F)(F)F)O[C@@H](C#N)[C@@H]2c2ccc(N(C)C)cc2)cc1. The molecule has 1 aliphatic heterocycles. The molecule has 0 unspecified atom stereocenters. The molecule has 0 saturated heterocycles. The zero-order chi connectivity index (χ0) is 22.3. The van der Waals surface area contributed by atoms with E-state index in [1.807, 2.05) is 0 Å². The molecule has 0 N–H and O–H groups in total. The highest BCUT2D eigenvalue weighted by Crippen LogP contribution is 2.48. The zero-order valence-electron chi connectivity index (χ0n) is 16.4. The van der Waals surface area contributed by atoms with Gasteiger partial charge in [0, 0.05) is 19.8 Å². The van der Waals surface area contributed by atoms with Gasteiger partial charge < -0.3 is 9.64 Å². The van der Waals surface area contributed by atoms with E-state index in [1.54, 1.807) is 44.1 Å². The van der Waals surface area contributed by atoms with Crippen LogP contribution in [0.25, 0.3) is 0 Å². The topological polar surface area (TPSA) is 70.4 Å². The fraction of sp³-hybridized carbons (Fsp3) is 0.286. The molecule has 0 aromatic heterocycles. The number of ether oxygens (including phenoxy) is 1. The molecule has 9 heteroatoms. The Morgan fingerprint density at radius 2 is 1.60 bits per heavy atom. The molecule has 2 aromatic rings. The quantitative estimate of drug-likeness (QED) is 0.714. The van der Waals surface area contributed by atoms with E-state index in [4.69, 9.17) is 4.74 Å². The van der Waals surface area contributed by atoms with E-state index in [0.717, 1.165) is 11.3 Å². The van der Waals surface area contributed by atoms with Crippen LogP contribution < -0.4 is 4.90 Å². The lowest BCUT2D eigenvalue weighted by Crippen LogP contribution is -2.19. The molecule has 2 aromatic carbocycles. The van der Waals surface area contributed by atoms with Gasteiger partial charge in [0.1, 0.15) is 11.0 Å². The third-order valence-electron chi connectivity index (χ3n) is 4.83. The molecule has 0 fully saturated rings. The van der Waals surface area contributed by atoms with Gasteiger partial charge in [-0.3, -0.25) is 0 Å². The number of halogens is 3. The van der Waals surface area contributed by atoms with E-state index >= 15 is 0 Å². The van der Waals surface area contributed by atoms with Crippen LogP contribution in [0.1, 0.15) is 17.0 Å². The fourth-order valence-electron chi connectivity index (χ4n) is 3.28. The lowest BCUT2D eigenvalue weighted by Gasteiger charge is -2.19. The van der Waals surface area contributed by atoms with Gasteiger partial charge in [0.25, 0.3) is 0 Å². The highest BCUT2D eigenvalue weighted by atomic mass is 32.2. The first-order chi connectivity index (χ1) is 14.0. The van der Waals surface area contributed by atoms with Crippen molar-refractivity contribution in [2.45, 2.75) is 30.0 Å². The van der Waals surface area contributed by atoms with Gasteiger partial charge in [-0.1, -0.05) is 29.8 Å². The summed E-state index contributed by atoms with van der Waals surface area (Å²) in [6.45, 7) is 1.73. The minimum Gasteiger partial charge on any atom is -0.468 e. The summed E-state index contributed by atoms with van der Waals surface area (Å²) < 4.78 is 72.6. The van der Waals surface area contributed by atoms with Crippen molar-refractivity contribution in [3.05, 3.63) is 70.3 Å². The van der Waals surface area contributed by atoms with Gasteiger partial charge in [-0.2, -0.15) is 18.4 Å². The second kappa shape index (κ2) is 7.69. The molecule has 30 heavy (non-hydrogen) atoms. The van der Waals surface area contributed by atoms with E-state index < -0.39 is 38.7 Å². The monoisotopic (exact) mass is 436 g/mol. The predicted octanol–water partition coefficient (Wildman–Crippen LogP) is 4.31. The minimum absolute atomic E-state index is 0.247. The number of rotatable bonds is 4.